The maximum Gasteiger partial charge on any atom is 0.252 e. The lowest BCUT2D eigenvalue weighted by Gasteiger charge is -2.43. The highest BCUT2D eigenvalue weighted by atomic mass is 32.2. The first-order valence-corrected chi connectivity index (χ1v) is 9.79. The van der Waals surface area contributed by atoms with E-state index >= 15 is 0 Å². The second kappa shape index (κ2) is 7.36. The summed E-state index contributed by atoms with van der Waals surface area (Å²) in [5.41, 5.74) is 0. The molecular weight excluding hydrogens is 352 g/mol. The van der Waals surface area contributed by atoms with Gasteiger partial charge in [-0.2, -0.15) is 4.98 Å². The third-order valence-electron chi connectivity index (χ3n) is 4.50. The third-order valence-corrected chi connectivity index (χ3v) is 6.20. The number of sulfone groups is 1. The van der Waals surface area contributed by atoms with Gasteiger partial charge in [-0.05, 0) is 0 Å². The van der Waals surface area contributed by atoms with Gasteiger partial charge in [-0.15, -0.1) is 0 Å². The Balaban J connectivity index is 1.75. The van der Waals surface area contributed by atoms with Crippen molar-refractivity contribution < 1.29 is 27.2 Å². The number of aromatic nitrogens is 2. The van der Waals surface area contributed by atoms with Crippen LogP contribution in [0.5, 0.6) is 0 Å². The number of nitrogens with zero attached hydrogens (tertiary/aromatic N) is 4. The third kappa shape index (κ3) is 4.00. The Kier molecular flexibility index (Phi) is 5.37. The minimum Gasteiger partial charge on any atom is -0.375 e. The van der Waals surface area contributed by atoms with Crippen LogP contribution in [0.1, 0.15) is 11.7 Å². The van der Waals surface area contributed by atoms with Crippen molar-refractivity contribution >= 4 is 15.7 Å². The molecule has 0 unspecified atom stereocenters. The zero-order valence-electron chi connectivity index (χ0n) is 14.3. The molecule has 0 aromatic carbocycles. The van der Waals surface area contributed by atoms with Crippen molar-refractivity contribution in [2.75, 3.05) is 45.4 Å². The van der Waals surface area contributed by atoms with Crippen LogP contribution in [0.2, 0.25) is 0 Å². The Labute approximate surface area is 146 Å². The molecule has 0 N–H and O–H groups in total. The van der Waals surface area contributed by atoms with Gasteiger partial charge >= 0.3 is 0 Å². The molecule has 0 aliphatic carbocycles. The highest BCUT2D eigenvalue weighted by Gasteiger charge is 2.48. The van der Waals surface area contributed by atoms with Crippen molar-refractivity contribution in [1.29, 1.82) is 0 Å². The van der Waals surface area contributed by atoms with Gasteiger partial charge < -0.3 is 18.9 Å². The van der Waals surface area contributed by atoms with Crippen molar-refractivity contribution in [1.82, 2.24) is 19.9 Å². The first-order valence-electron chi connectivity index (χ1n) is 7.97. The molecule has 0 radical (unpaired) electrons. The average molecular weight is 374 g/mol. The van der Waals surface area contributed by atoms with Crippen LogP contribution < -0.4 is 0 Å². The molecule has 2 aliphatic heterocycles. The van der Waals surface area contributed by atoms with E-state index in [1.807, 2.05) is 4.90 Å². The van der Waals surface area contributed by atoms with Gasteiger partial charge in [0.15, 0.2) is 15.7 Å². The summed E-state index contributed by atoms with van der Waals surface area (Å²) in [6.45, 7) is 1.54. The van der Waals surface area contributed by atoms with Crippen LogP contribution in [-0.4, -0.2) is 91.8 Å². The van der Waals surface area contributed by atoms with Gasteiger partial charge in [-0.1, -0.05) is 5.16 Å². The Morgan fingerprint density at radius 1 is 1.24 bits per heavy atom. The molecule has 3 rings (SSSR count). The summed E-state index contributed by atoms with van der Waals surface area (Å²) in [4.78, 5) is 20.1. The molecule has 1 amide bonds. The summed E-state index contributed by atoms with van der Waals surface area (Å²) in [5.74, 6) is 0.673. The zero-order chi connectivity index (χ0) is 18.0. The van der Waals surface area contributed by atoms with Crippen LogP contribution in [0.4, 0.5) is 0 Å². The number of amides is 1. The molecular formula is C14H22N4O6S. The molecule has 1 aromatic rings. The van der Waals surface area contributed by atoms with E-state index in [0.29, 0.717) is 31.3 Å². The first kappa shape index (κ1) is 18.2. The molecule has 0 saturated carbocycles. The van der Waals surface area contributed by atoms with E-state index in [1.54, 1.807) is 4.90 Å². The lowest BCUT2D eigenvalue weighted by Crippen LogP contribution is -2.60. The van der Waals surface area contributed by atoms with Crippen molar-refractivity contribution in [2.45, 2.75) is 25.2 Å². The number of piperazine rings is 1. The maximum absolute atomic E-state index is 12.2. The number of carbonyl (C=O) groups excluding carboxylic acids is 1. The number of hydrogen-bond acceptors (Lipinski definition) is 9. The Hall–Kier alpha value is -1.56. The molecule has 0 spiro atoms. The molecule has 2 aliphatic rings. The normalized spacial score (nSPS) is 25.9. The van der Waals surface area contributed by atoms with E-state index in [9.17, 15) is 13.2 Å². The van der Waals surface area contributed by atoms with Crippen molar-refractivity contribution in [2.24, 2.45) is 0 Å². The molecule has 25 heavy (non-hydrogen) atoms. The minimum atomic E-state index is -3.20. The van der Waals surface area contributed by atoms with E-state index in [0.717, 1.165) is 0 Å². The molecule has 0 bridgehead atoms. The van der Waals surface area contributed by atoms with Crippen LogP contribution in [0.3, 0.4) is 0 Å². The summed E-state index contributed by atoms with van der Waals surface area (Å²) >= 11 is 0. The van der Waals surface area contributed by atoms with Crippen LogP contribution in [0.15, 0.2) is 4.52 Å². The van der Waals surface area contributed by atoms with Crippen LogP contribution in [0.25, 0.3) is 0 Å². The van der Waals surface area contributed by atoms with E-state index in [4.69, 9.17) is 14.0 Å². The monoisotopic (exact) mass is 374 g/mol. The lowest BCUT2D eigenvalue weighted by atomic mass is 10.0. The molecule has 2 saturated heterocycles. The smallest absolute Gasteiger partial charge is 0.252 e. The van der Waals surface area contributed by atoms with Gasteiger partial charge in [-0.25, -0.2) is 8.42 Å². The number of ether oxygens (including phenoxy) is 2. The summed E-state index contributed by atoms with van der Waals surface area (Å²) in [6.07, 6.45) is 0. The van der Waals surface area contributed by atoms with Gasteiger partial charge in [0.05, 0.1) is 24.1 Å². The van der Waals surface area contributed by atoms with Crippen LogP contribution in [0, 0.1) is 0 Å². The number of hydrogen-bond donors (Lipinski definition) is 0. The zero-order valence-corrected chi connectivity index (χ0v) is 15.1. The predicted octanol–water partition coefficient (Wildman–Crippen LogP) is -1.33. The quantitative estimate of drug-likeness (QED) is 0.597. The van der Waals surface area contributed by atoms with Gasteiger partial charge in [-0.3, -0.25) is 9.69 Å². The summed E-state index contributed by atoms with van der Waals surface area (Å²) < 4.78 is 39.2. The molecule has 11 heteroatoms. The fraction of sp³-hybridized carbons (Fsp3) is 0.786. The largest absolute Gasteiger partial charge is 0.375 e. The van der Waals surface area contributed by atoms with Crippen LogP contribution >= 0.6 is 0 Å². The summed E-state index contributed by atoms with van der Waals surface area (Å²) in [7, 11) is -0.214. The fourth-order valence-electron chi connectivity index (χ4n) is 3.46. The van der Waals surface area contributed by atoms with Gasteiger partial charge in [0.25, 0.3) is 5.89 Å². The predicted molar refractivity (Wildman–Crippen MR) is 85.2 cm³/mol. The van der Waals surface area contributed by atoms with Crippen LogP contribution in [-0.2, 0) is 37.3 Å². The number of fused-ring (bicyclic) bond motifs is 1. The topological polar surface area (TPSA) is 115 Å². The Morgan fingerprint density at radius 3 is 2.72 bits per heavy atom. The highest BCUT2D eigenvalue weighted by Crippen LogP contribution is 2.28. The second-order valence-electron chi connectivity index (χ2n) is 6.24. The highest BCUT2D eigenvalue weighted by molar-refractivity contribution is 7.91. The first-order chi connectivity index (χ1) is 11.9. The summed E-state index contributed by atoms with van der Waals surface area (Å²) in [6, 6.07) is -0.643. The maximum atomic E-state index is 12.2. The summed E-state index contributed by atoms with van der Waals surface area (Å²) in [5, 5.41) is 3.91. The SMILES string of the molecule is COCC(=O)N1CCN(Cc2noc(COC)n2)[C@@H]2CS(=O)(=O)C[C@@H]21. The Bertz CT molecular complexity index is 721. The van der Waals surface area contributed by atoms with E-state index in [2.05, 4.69) is 10.1 Å². The lowest BCUT2D eigenvalue weighted by molar-refractivity contribution is -0.141. The molecule has 140 valence electrons. The van der Waals surface area contributed by atoms with Gasteiger partial charge in [0, 0.05) is 33.4 Å². The standard InChI is InChI=1S/C14H22N4O6S/c1-22-6-13-15-12(16-24-13)5-17-3-4-18(14(19)7-23-2)11-9-25(20,21)8-10(11)17/h10-11H,3-9H2,1-2H3/t10-,11+/m1/s1. The molecule has 1 aromatic heterocycles. The van der Waals surface area contributed by atoms with Crippen molar-refractivity contribution in [3.8, 4) is 0 Å². The van der Waals surface area contributed by atoms with Crippen molar-refractivity contribution in [3.05, 3.63) is 11.7 Å². The number of rotatable bonds is 6. The van der Waals surface area contributed by atoms with E-state index in [-0.39, 0.29) is 42.7 Å². The Morgan fingerprint density at radius 2 is 2.00 bits per heavy atom. The average Bonchev–Trinajstić information content (AvgIpc) is 3.11. The molecule has 3 heterocycles. The molecule has 2 fully saturated rings. The molecule has 2 atom stereocenters. The van der Waals surface area contributed by atoms with E-state index < -0.39 is 9.84 Å². The van der Waals surface area contributed by atoms with Gasteiger partial charge in [0.2, 0.25) is 5.91 Å². The van der Waals surface area contributed by atoms with E-state index in [1.165, 1.54) is 14.2 Å². The molecule has 10 nitrogen and oxygen atoms in total. The minimum absolute atomic E-state index is 0.0230. The van der Waals surface area contributed by atoms with Gasteiger partial charge in [0.1, 0.15) is 13.2 Å². The number of carbonyl (C=O) groups is 1. The van der Waals surface area contributed by atoms with Crippen molar-refractivity contribution in [3.63, 3.8) is 0 Å². The number of methoxy groups -OCH3 is 2. The fourth-order valence-corrected chi connectivity index (χ4v) is 5.47. The second-order valence-corrected chi connectivity index (χ2v) is 8.39.